The lowest BCUT2D eigenvalue weighted by Gasteiger charge is -2.37. The second kappa shape index (κ2) is 7.82. The van der Waals surface area contributed by atoms with E-state index >= 15 is 0 Å². The van der Waals surface area contributed by atoms with Gasteiger partial charge in [0.15, 0.2) is 17.3 Å². The molecular weight excluding hydrogens is 402 g/mol. The van der Waals surface area contributed by atoms with E-state index in [-0.39, 0.29) is 5.69 Å². The van der Waals surface area contributed by atoms with Crippen LogP contribution in [-0.2, 0) is 0 Å². The highest BCUT2D eigenvalue weighted by Gasteiger charge is 2.24. The number of benzene rings is 2. The molecule has 0 atom stereocenters. The molecule has 5 rings (SSSR count). The first-order chi connectivity index (χ1) is 15.2. The van der Waals surface area contributed by atoms with E-state index in [9.17, 15) is 8.78 Å². The number of aromatic nitrogens is 4. The van der Waals surface area contributed by atoms with Gasteiger partial charge in [0.25, 0.3) is 0 Å². The molecule has 0 saturated carbocycles. The molecule has 9 heteroatoms. The quantitative estimate of drug-likeness (QED) is 0.502. The number of hydrogen-bond acceptors (Lipinski definition) is 6. The third kappa shape index (κ3) is 3.31. The van der Waals surface area contributed by atoms with Crippen molar-refractivity contribution in [2.45, 2.75) is 0 Å². The fraction of sp³-hybridized carbons (Fsp3) is 0.227. The molecule has 0 spiro atoms. The molecule has 1 saturated heterocycles. The number of methoxy groups -OCH3 is 1. The predicted octanol–water partition coefficient (Wildman–Crippen LogP) is 3.43. The number of nitrogens with zero attached hydrogens (tertiary/aromatic N) is 6. The van der Waals surface area contributed by atoms with Crippen LogP contribution >= 0.6 is 0 Å². The summed E-state index contributed by atoms with van der Waals surface area (Å²) in [6, 6.07) is 11.7. The van der Waals surface area contributed by atoms with Crippen molar-refractivity contribution in [3.05, 3.63) is 66.6 Å². The first kappa shape index (κ1) is 19.2. The molecule has 2 aromatic heterocycles. The minimum atomic E-state index is -0.699. The van der Waals surface area contributed by atoms with Crippen molar-refractivity contribution >= 4 is 22.5 Å². The van der Waals surface area contributed by atoms with E-state index in [0.29, 0.717) is 16.9 Å². The zero-order chi connectivity index (χ0) is 21.4. The fourth-order valence-electron chi connectivity index (χ4n) is 3.99. The van der Waals surface area contributed by atoms with Gasteiger partial charge in [0.2, 0.25) is 0 Å². The van der Waals surface area contributed by atoms with Gasteiger partial charge in [-0.05, 0) is 24.3 Å². The van der Waals surface area contributed by atoms with Gasteiger partial charge in [-0.3, -0.25) is 0 Å². The van der Waals surface area contributed by atoms with Crippen molar-refractivity contribution in [2.75, 3.05) is 43.1 Å². The highest BCUT2D eigenvalue weighted by molar-refractivity contribution is 5.87. The van der Waals surface area contributed by atoms with Crippen molar-refractivity contribution in [3.8, 4) is 11.4 Å². The topological polar surface area (TPSA) is 59.3 Å². The smallest absolute Gasteiger partial charge is 0.168 e. The predicted molar refractivity (Wildman–Crippen MR) is 114 cm³/mol. The van der Waals surface area contributed by atoms with E-state index in [0.717, 1.165) is 37.6 Å². The van der Waals surface area contributed by atoms with Crippen LogP contribution in [0.3, 0.4) is 0 Å². The molecular formula is C22H20F2N6O. The Kier molecular flexibility index (Phi) is 4.85. The number of anilines is 2. The van der Waals surface area contributed by atoms with E-state index in [1.54, 1.807) is 13.3 Å². The Morgan fingerprint density at radius 3 is 2.32 bits per heavy atom. The number of fused-ring (bicyclic) bond motifs is 1. The maximum atomic E-state index is 14.3. The molecule has 31 heavy (non-hydrogen) atoms. The Hall–Kier alpha value is -3.75. The molecule has 0 bridgehead atoms. The van der Waals surface area contributed by atoms with Crippen LogP contribution in [0.2, 0.25) is 0 Å². The van der Waals surface area contributed by atoms with Gasteiger partial charge >= 0.3 is 0 Å². The van der Waals surface area contributed by atoms with Crippen LogP contribution in [0.4, 0.5) is 20.3 Å². The minimum absolute atomic E-state index is 0.247. The first-order valence-electron chi connectivity index (χ1n) is 9.93. The maximum Gasteiger partial charge on any atom is 0.168 e. The van der Waals surface area contributed by atoms with Gasteiger partial charge in [-0.2, -0.15) is 5.10 Å². The summed E-state index contributed by atoms with van der Waals surface area (Å²) in [5.74, 6) is 0.146. The van der Waals surface area contributed by atoms with Crippen LogP contribution in [0.15, 0.2) is 55.0 Å². The van der Waals surface area contributed by atoms with Gasteiger partial charge in [0, 0.05) is 26.2 Å². The molecule has 3 heterocycles. The van der Waals surface area contributed by atoms with Gasteiger partial charge < -0.3 is 14.5 Å². The second-order valence-electron chi connectivity index (χ2n) is 7.21. The molecule has 1 aliphatic rings. The summed E-state index contributed by atoms with van der Waals surface area (Å²) in [4.78, 5) is 13.1. The van der Waals surface area contributed by atoms with Gasteiger partial charge in [-0.1, -0.05) is 18.2 Å². The summed E-state index contributed by atoms with van der Waals surface area (Å²) < 4.78 is 35.3. The van der Waals surface area contributed by atoms with Crippen LogP contribution in [-0.4, -0.2) is 53.0 Å². The van der Waals surface area contributed by atoms with Gasteiger partial charge in [0.1, 0.15) is 23.6 Å². The van der Waals surface area contributed by atoms with E-state index < -0.39 is 11.6 Å². The van der Waals surface area contributed by atoms with Crippen LogP contribution in [0.1, 0.15) is 0 Å². The monoisotopic (exact) mass is 422 g/mol. The molecule has 0 amide bonds. The number of para-hydroxylation sites is 3. The normalized spacial score (nSPS) is 14.3. The lowest BCUT2D eigenvalue weighted by Crippen LogP contribution is -2.47. The molecule has 1 fully saturated rings. The van der Waals surface area contributed by atoms with E-state index in [4.69, 9.17) is 4.74 Å². The molecule has 0 radical (unpaired) electrons. The van der Waals surface area contributed by atoms with Crippen LogP contribution in [0.5, 0.6) is 5.75 Å². The first-order valence-corrected chi connectivity index (χ1v) is 9.93. The highest BCUT2D eigenvalue weighted by Crippen LogP contribution is 2.31. The minimum Gasteiger partial charge on any atom is -0.495 e. The summed E-state index contributed by atoms with van der Waals surface area (Å²) in [6.07, 6.45) is 2.96. The second-order valence-corrected chi connectivity index (χ2v) is 7.21. The summed E-state index contributed by atoms with van der Waals surface area (Å²) in [5.41, 5.74) is 1.17. The van der Waals surface area contributed by atoms with Crippen molar-refractivity contribution in [1.29, 1.82) is 0 Å². The summed E-state index contributed by atoms with van der Waals surface area (Å²) in [5, 5.41) is 4.86. The number of hydrogen-bond donors (Lipinski definition) is 0. The third-order valence-electron chi connectivity index (χ3n) is 5.50. The zero-order valence-corrected chi connectivity index (χ0v) is 16.9. The van der Waals surface area contributed by atoms with E-state index in [1.165, 1.54) is 29.2 Å². The molecule has 158 valence electrons. The summed E-state index contributed by atoms with van der Waals surface area (Å²) in [6.45, 7) is 3.01. The standard InChI is InChI=1S/C22H20F2N6O/c1-31-19-8-3-2-7-18(19)28-9-11-29(12-10-28)21-15-13-27-30(22(15)26-14-25-21)20-16(23)5-4-6-17(20)24/h2-8,13-14H,9-12H2,1H3. The molecule has 0 unspecified atom stereocenters. The Balaban J connectivity index is 1.44. The molecule has 0 aliphatic carbocycles. The Morgan fingerprint density at radius 1 is 0.871 bits per heavy atom. The van der Waals surface area contributed by atoms with Crippen LogP contribution < -0.4 is 14.5 Å². The lowest BCUT2D eigenvalue weighted by molar-refractivity contribution is 0.413. The van der Waals surface area contributed by atoms with Gasteiger partial charge in [-0.15, -0.1) is 0 Å². The number of rotatable bonds is 4. The van der Waals surface area contributed by atoms with E-state index in [2.05, 4.69) is 24.9 Å². The van der Waals surface area contributed by atoms with Crippen molar-refractivity contribution in [1.82, 2.24) is 19.7 Å². The largest absolute Gasteiger partial charge is 0.495 e. The van der Waals surface area contributed by atoms with Gasteiger partial charge in [0.05, 0.1) is 24.4 Å². The number of piperazine rings is 1. The van der Waals surface area contributed by atoms with Crippen LogP contribution in [0.25, 0.3) is 16.7 Å². The van der Waals surface area contributed by atoms with Crippen molar-refractivity contribution < 1.29 is 13.5 Å². The lowest BCUT2D eigenvalue weighted by atomic mass is 10.2. The summed E-state index contributed by atoms with van der Waals surface area (Å²) in [7, 11) is 1.67. The maximum absolute atomic E-state index is 14.3. The van der Waals surface area contributed by atoms with Crippen molar-refractivity contribution in [3.63, 3.8) is 0 Å². The average molecular weight is 422 g/mol. The third-order valence-corrected chi connectivity index (χ3v) is 5.50. The Morgan fingerprint density at radius 2 is 1.58 bits per heavy atom. The molecule has 1 aliphatic heterocycles. The SMILES string of the molecule is COc1ccccc1N1CCN(c2ncnc3c2cnn3-c2c(F)cccc2F)CC1. The fourth-order valence-corrected chi connectivity index (χ4v) is 3.99. The Labute approximate surface area is 177 Å². The highest BCUT2D eigenvalue weighted by atomic mass is 19.1. The number of ether oxygens (including phenoxy) is 1. The van der Waals surface area contributed by atoms with Crippen LogP contribution in [0, 0.1) is 11.6 Å². The van der Waals surface area contributed by atoms with Gasteiger partial charge in [-0.25, -0.2) is 23.4 Å². The average Bonchev–Trinajstić information content (AvgIpc) is 3.23. The molecule has 4 aromatic rings. The Bertz CT molecular complexity index is 1220. The molecule has 7 nitrogen and oxygen atoms in total. The summed E-state index contributed by atoms with van der Waals surface area (Å²) >= 11 is 0. The van der Waals surface area contributed by atoms with Crippen molar-refractivity contribution in [2.24, 2.45) is 0 Å². The molecule has 2 aromatic carbocycles. The van der Waals surface area contributed by atoms with E-state index in [1.807, 2.05) is 24.3 Å². The molecule has 0 N–H and O–H groups in total. The zero-order valence-electron chi connectivity index (χ0n) is 16.9. The number of halogens is 2.